The lowest BCUT2D eigenvalue weighted by Crippen LogP contribution is -2.54. The van der Waals surface area contributed by atoms with E-state index < -0.39 is 5.54 Å². The number of rotatable bonds is 6. The average Bonchev–Trinajstić information content (AvgIpc) is 2.68. The summed E-state index contributed by atoms with van der Waals surface area (Å²) in [6.45, 7) is 3.00. The molecule has 0 spiro atoms. The van der Waals surface area contributed by atoms with Crippen LogP contribution < -0.4 is 5.32 Å². The molecule has 4 nitrogen and oxygen atoms in total. The lowest BCUT2D eigenvalue weighted by molar-refractivity contribution is 0.188. The molecule has 3 rings (SSSR count). The lowest BCUT2D eigenvalue weighted by atomic mass is 9.86. The number of anilines is 1. The Bertz CT molecular complexity index is 664. The van der Waals surface area contributed by atoms with Gasteiger partial charge < -0.3 is 15.0 Å². The van der Waals surface area contributed by atoms with Gasteiger partial charge in [0.2, 0.25) is 5.90 Å². The van der Waals surface area contributed by atoms with Crippen LogP contribution in [0.3, 0.4) is 0 Å². The molecule has 1 fully saturated rings. The van der Waals surface area contributed by atoms with Crippen LogP contribution in [0, 0.1) is 5.41 Å². The van der Waals surface area contributed by atoms with Gasteiger partial charge in [0.15, 0.2) is 0 Å². The second-order valence-electron chi connectivity index (χ2n) is 6.68. The molecule has 132 valence electrons. The third kappa shape index (κ3) is 4.40. The van der Waals surface area contributed by atoms with Crippen molar-refractivity contribution in [1.29, 1.82) is 5.41 Å². The molecule has 0 aromatic heterocycles. The maximum absolute atomic E-state index is 8.33. The molecule has 0 radical (unpaired) electrons. The van der Waals surface area contributed by atoms with Gasteiger partial charge >= 0.3 is 0 Å². The van der Waals surface area contributed by atoms with Gasteiger partial charge in [-0.25, -0.2) is 0 Å². The van der Waals surface area contributed by atoms with Gasteiger partial charge in [-0.15, -0.1) is 0 Å². The van der Waals surface area contributed by atoms with Crippen molar-refractivity contribution in [3.05, 3.63) is 66.2 Å². The van der Waals surface area contributed by atoms with Gasteiger partial charge in [0.05, 0.1) is 7.11 Å². The zero-order valence-electron chi connectivity index (χ0n) is 14.9. The minimum absolute atomic E-state index is 0.332. The van der Waals surface area contributed by atoms with Crippen molar-refractivity contribution in [2.45, 2.75) is 24.8 Å². The van der Waals surface area contributed by atoms with Gasteiger partial charge in [-0.05, 0) is 37.0 Å². The molecule has 25 heavy (non-hydrogen) atoms. The van der Waals surface area contributed by atoms with E-state index in [1.165, 1.54) is 5.56 Å². The predicted molar refractivity (Wildman–Crippen MR) is 103 cm³/mol. The van der Waals surface area contributed by atoms with E-state index in [9.17, 15) is 0 Å². The second kappa shape index (κ2) is 8.17. The lowest BCUT2D eigenvalue weighted by Gasteiger charge is -2.42. The molecule has 0 amide bonds. The number of methoxy groups -OCH3 is 1. The average molecular weight is 337 g/mol. The number of hydrogen-bond acceptors (Lipinski definition) is 4. The maximum Gasteiger partial charge on any atom is 0.206 e. The highest BCUT2D eigenvalue weighted by atomic mass is 16.5. The standard InChI is InChI=1S/C21H27N3O/c1-25-20(22)21(23-19-10-6-3-7-11-19)13-16-24(17-14-21)15-12-18-8-4-2-5-9-18/h2-11,22-23H,12-17H2,1H3. The van der Waals surface area contributed by atoms with Crippen molar-refractivity contribution in [3.8, 4) is 0 Å². The van der Waals surface area contributed by atoms with E-state index in [-0.39, 0.29) is 0 Å². The van der Waals surface area contributed by atoms with E-state index in [2.05, 4.69) is 40.5 Å². The number of piperidine rings is 1. The van der Waals surface area contributed by atoms with Crippen LogP contribution in [0.25, 0.3) is 0 Å². The smallest absolute Gasteiger partial charge is 0.206 e. The van der Waals surface area contributed by atoms with Crippen LogP contribution in [0.15, 0.2) is 60.7 Å². The number of benzene rings is 2. The van der Waals surface area contributed by atoms with Crippen molar-refractivity contribution >= 4 is 11.6 Å². The van der Waals surface area contributed by atoms with Gasteiger partial charge in [0.1, 0.15) is 5.54 Å². The third-order valence-corrected chi connectivity index (χ3v) is 5.07. The van der Waals surface area contributed by atoms with Crippen LogP contribution in [0.5, 0.6) is 0 Å². The third-order valence-electron chi connectivity index (χ3n) is 5.07. The Morgan fingerprint density at radius 2 is 1.64 bits per heavy atom. The highest BCUT2D eigenvalue weighted by Gasteiger charge is 2.39. The molecule has 4 heteroatoms. The molecule has 0 unspecified atom stereocenters. The quantitative estimate of drug-likeness (QED) is 0.623. The Morgan fingerprint density at radius 3 is 2.24 bits per heavy atom. The topological polar surface area (TPSA) is 48.4 Å². The normalized spacial score (nSPS) is 17.0. The molecular weight excluding hydrogens is 310 g/mol. The number of nitrogens with zero attached hydrogens (tertiary/aromatic N) is 1. The largest absolute Gasteiger partial charge is 0.483 e. The molecule has 0 saturated carbocycles. The van der Waals surface area contributed by atoms with Crippen molar-refractivity contribution < 1.29 is 4.74 Å². The van der Waals surface area contributed by atoms with E-state index in [4.69, 9.17) is 10.1 Å². The van der Waals surface area contributed by atoms with Crippen molar-refractivity contribution in [2.75, 3.05) is 32.1 Å². The summed E-state index contributed by atoms with van der Waals surface area (Å²) in [6, 6.07) is 20.8. The number of likely N-dealkylation sites (tertiary alicyclic amines) is 1. The SMILES string of the molecule is COC(=N)C1(Nc2ccccc2)CCN(CCc2ccccc2)CC1. The Hall–Kier alpha value is -2.33. The number of hydrogen-bond donors (Lipinski definition) is 2. The number of nitrogens with one attached hydrogen (secondary N) is 2. The molecule has 1 aliphatic rings. The molecule has 0 aliphatic carbocycles. The minimum atomic E-state index is -0.403. The van der Waals surface area contributed by atoms with E-state index in [0.29, 0.717) is 5.90 Å². The first kappa shape index (κ1) is 17.5. The summed E-state index contributed by atoms with van der Waals surface area (Å²) in [5.74, 6) is 0.332. The summed E-state index contributed by atoms with van der Waals surface area (Å²) < 4.78 is 5.33. The number of para-hydroxylation sites is 1. The molecule has 1 aliphatic heterocycles. The maximum atomic E-state index is 8.33. The summed E-state index contributed by atoms with van der Waals surface area (Å²) in [5.41, 5.74) is 2.02. The van der Waals surface area contributed by atoms with Gasteiger partial charge in [-0.1, -0.05) is 48.5 Å². The minimum Gasteiger partial charge on any atom is -0.483 e. The molecular formula is C21H27N3O. The Morgan fingerprint density at radius 1 is 1.04 bits per heavy atom. The number of ether oxygens (including phenoxy) is 1. The van der Waals surface area contributed by atoms with E-state index in [1.807, 2.05) is 30.3 Å². The van der Waals surface area contributed by atoms with Crippen LogP contribution in [-0.4, -0.2) is 43.1 Å². The van der Waals surface area contributed by atoms with Gasteiger partial charge in [-0.2, -0.15) is 0 Å². The van der Waals surface area contributed by atoms with Crippen molar-refractivity contribution in [1.82, 2.24) is 4.90 Å². The Kier molecular flexibility index (Phi) is 5.71. The molecule has 2 N–H and O–H groups in total. The van der Waals surface area contributed by atoms with Gasteiger partial charge in [-0.3, -0.25) is 5.41 Å². The second-order valence-corrected chi connectivity index (χ2v) is 6.68. The van der Waals surface area contributed by atoms with E-state index >= 15 is 0 Å². The fourth-order valence-corrected chi connectivity index (χ4v) is 3.49. The summed E-state index contributed by atoms with van der Waals surface area (Å²) in [5, 5.41) is 11.9. The summed E-state index contributed by atoms with van der Waals surface area (Å²) in [7, 11) is 1.60. The molecule has 1 saturated heterocycles. The highest BCUT2D eigenvalue weighted by Crippen LogP contribution is 2.28. The first-order chi connectivity index (χ1) is 12.2. The van der Waals surface area contributed by atoms with Crippen molar-refractivity contribution in [3.63, 3.8) is 0 Å². The van der Waals surface area contributed by atoms with Crippen LogP contribution in [0.1, 0.15) is 18.4 Å². The first-order valence-corrected chi connectivity index (χ1v) is 8.94. The van der Waals surface area contributed by atoms with E-state index in [0.717, 1.165) is 44.6 Å². The molecule has 0 atom stereocenters. The van der Waals surface area contributed by atoms with Crippen LogP contribution in [0.2, 0.25) is 0 Å². The summed E-state index contributed by atoms with van der Waals surface area (Å²) in [4.78, 5) is 2.49. The Balaban J connectivity index is 1.60. The first-order valence-electron chi connectivity index (χ1n) is 8.94. The van der Waals surface area contributed by atoms with Gasteiger partial charge in [0, 0.05) is 25.3 Å². The van der Waals surface area contributed by atoms with Crippen LogP contribution in [-0.2, 0) is 11.2 Å². The zero-order valence-corrected chi connectivity index (χ0v) is 14.9. The summed E-state index contributed by atoms with van der Waals surface area (Å²) >= 11 is 0. The molecule has 2 aromatic carbocycles. The Labute approximate surface area is 150 Å². The molecule has 2 aromatic rings. The van der Waals surface area contributed by atoms with Gasteiger partial charge in [0.25, 0.3) is 0 Å². The fourth-order valence-electron chi connectivity index (χ4n) is 3.49. The molecule has 0 bridgehead atoms. The zero-order chi connectivity index (χ0) is 17.5. The van der Waals surface area contributed by atoms with Crippen molar-refractivity contribution in [2.24, 2.45) is 0 Å². The monoisotopic (exact) mass is 337 g/mol. The van der Waals surface area contributed by atoms with Crippen LogP contribution >= 0.6 is 0 Å². The summed E-state index contributed by atoms with van der Waals surface area (Å²) in [6.07, 6.45) is 2.83. The fraction of sp³-hybridized carbons (Fsp3) is 0.381. The predicted octanol–water partition coefficient (Wildman–Crippen LogP) is 3.80. The van der Waals surface area contributed by atoms with Crippen LogP contribution in [0.4, 0.5) is 5.69 Å². The van der Waals surface area contributed by atoms with E-state index in [1.54, 1.807) is 7.11 Å². The molecule has 1 heterocycles. The highest BCUT2D eigenvalue weighted by molar-refractivity contribution is 5.87.